The van der Waals surface area contributed by atoms with Crippen LogP contribution in [-0.2, 0) is 0 Å². The summed E-state index contributed by atoms with van der Waals surface area (Å²) in [5.74, 6) is 0.0721. The molecule has 0 radical (unpaired) electrons. The number of aliphatic hydroxyl groups is 1. The molecule has 1 aliphatic heterocycles. The maximum atomic E-state index is 12.5. The van der Waals surface area contributed by atoms with Crippen molar-refractivity contribution in [2.75, 3.05) is 13.2 Å². The Morgan fingerprint density at radius 1 is 1.53 bits per heavy atom. The number of aliphatic hydroxyl groups excluding tert-OH is 1. The van der Waals surface area contributed by atoms with Gasteiger partial charge in [-0.15, -0.1) is 0 Å². The molecule has 1 fully saturated rings. The van der Waals surface area contributed by atoms with Crippen molar-refractivity contribution in [2.45, 2.75) is 38.3 Å². The van der Waals surface area contributed by atoms with Gasteiger partial charge >= 0.3 is 0 Å². The molecule has 1 heterocycles. The number of halogens is 1. The third kappa shape index (κ3) is 3.35. The molecule has 3 nitrogen and oxygen atoms in total. The van der Waals surface area contributed by atoms with Crippen molar-refractivity contribution in [3.05, 3.63) is 34.9 Å². The molecular weight excluding hydrogens is 262 g/mol. The van der Waals surface area contributed by atoms with Gasteiger partial charge in [0.1, 0.15) is 0 Å². The first-order valence-corrected chi connectivity index (χ1v) is 7.17. The lowest BCUT2D eigenvalue weighted by atomic mass is 9.97. The van der Waals surface area contributed by atoms with E-state index in [-0.39, 0.29) is 24.5 Å². The van der Waals surface area contributed by atoms with Crippen LogP contribution in [0.3, 0.4) is 0 Å². The van der Waals surface area contributed by atoms with Gasteiger partial charge < -0.3 is 5.11 Å². The van der Waals surface area contributed by atoms with Crippen LogP contribution < -0.4 is 0 Å². The van der Waals surface area contributed by atoms with Crippen LogP contribution in [0.2, 0.25) is 5.02 Å². The summed E-state index contributed by atoms with van der Waals surface area (Å²) < 4.78 is 0. The van der Waals surface area contributed by atoms with E-state index in [2.05, 4.69) is 4.90 Å². The van der Waals surface area contributed by atoms with Gasteiger partial charge in [-0.3, -0.25) is 9.69 Å². The fourth-order valence-corrected chi connectivity index (χ4v) is 2.95. The molecule has 0 amide bonds. The van der Waals surface area contributed by atoms with Gasteiger partial charge in [0.2, 0.25) is 0 Å². The number of rotatable bonds is 4. The number of benzene rings is 1. The highest BCUT2D eigenvalue weighted by molar-refractivity contribution is 6.31. The Kier molecular flexibility index (Phi) is 4.97. The Labute approximate surface area is 119 Å². The number of carbonyl (C=O) groups excluding carboxylic acids is 1. The Morgan fingerprint density at radius 3 is 3.00 bits per heavy atom. The van der Waals surface area contributed by atoms with Gasteiger partial charge in [0.25, 0.3) is 0 Å². The van der Waals surface area contributed by atoms with E-state index in [1.807, 2.05) is 6.92 Å². The van der Waals surface area contributed by atoms with Crippen molar-refractivity contribution in [2.24, 2.45) is 0 Å². The molecule has 4 heteroatoms. The molecule has 0 aromatic heterocycles. The first kappa shape index (κ1) is 14.5. The zero-order valence-corrected chi connectivity index (χ0v) is 11.9. The molecule has 1 aromatic carbocycles. The summed E-state index contributed by atoms with van der Waals surface area (Å²) in [5, 5.41) is 10.0. The third-order valence-electron chi connectivity index (χ3n) is 3.87. The Balaban J connectivity index is 2.13. The average Bonchev–Trinajstić information content (AvgIpc) is 2.45. The van der Waals surface area contributed by atoms with E-state index in [4.69, 9.17) is 11.6 Å². The molecule has 1 aliphatic rings. The van der Waals surface area contributed by atoms with Crippen LogP contribution in [0.1, 0.15) is 36.5 Å². The minimum absolute atomic E-state index is 0.0721. The number of ketones is 1. The van der Waals surface area contributed by atoms with Crippen LogP contribution in [0.4, 0.5) is 0 Å². The lowest BCUT2D eigenvalue weighted by Gasteiger charge is -2.38. The molecule has 1 N–H and O–H groups in total. The lowest BCUT2D eigenvalue weighted by molar-refractivity contribution is 0.0491. The summed E-state index contributed by atoms with van der Waals surface area (Å²) in [6, 6.07) is 6.95. The summed E-state index contributed by atoms with van der Waals surface area (Å²) in [4.78, 5) is 14.6. The second-order valence-electron chi connectivity index (χ2n) is 5.12. The van der Waals surface area contributed by atoms with Crippen LogP contribution in [0.25, 0.3) is 0 Å². The average molecular weight is 282 g/mol. The first-order valence-electron chi connectivity index (χ1n) is 6.80. The van der Waals surface area contributed by atoms with Crippen molar-refractivity contribution >= 4 is 17.4 Å². The zero-order chi connectivity index (χ0) is 13.8. The van der Waals surface area contributed by atoms with Crippen molar-refractivity contribution in [1.29, 1.82) is 0 Å². The number of carbonyl (C=O) groups is 1. The predicted molar refractivity (Wildman–Crippen MR) is 76.7 cm³/mol. The first-order chi connectivity index (χ1) is 9.13. The summed E-state index contributed by atoms with van der Waals surface area (Å²) in [5.41, 5.74) is 0.641. The second kappa shape index (κ2) is 6.51. The van der Waals surface area contributed by atoms with Crippen molar-refractivity contribution in [3.8, 4) is 0 Å². The molecule has 2 rings (SSSR count). The number of Topliss-reactive ketones (excluding diaryl/α,β-unsaturated/α-hetero) is 1. The fraction of sp³-hybridized carbons (Fsp3) is 0.533. The predicted octanol–water partition coefficient (Wildman–Crippen LogP) is 2.76. The maximum Gasteiger partial charge on any atom is 0.179 e. The Morgan fingerprint density at radius 2 is 2.32 bits per heavy atom. The third-order valence-corrected chi connectivity index (χ3v) is 4.10. The van der Waals surface area contributed by atoms with E-state index >= 15 is 0 Å². The molecular formula is C15H20ClNO2. The smallest absolute Gasteiger partial charge is 0.179 e. The molecule has 0 spiro atoms. The number of piperidine rings is 1. The lowest BCUT2D eigenvalue weighted by Crippen LogP contribution is -2.49. The summed E-state index contributed by atoms with van der Waals surface area (Å²) >= 11 is 5.93. The molecule has 19 heavy (non-hydrogen) atoms. The zero-order valence-electron chi connectivity index (χ0n) is 11.2. The van der Waals surface area contributed by atoms with E-state index in [1.165, 1.54) is 0 Å². The maximum absolute atomic E-state index is 12.5. The molecule has 2 atom stereocenters. The number of nitrogens with zero attached hydrogens (tertiary/aromatic N) is 1. The number of hydrogen-bond acceptors (Lipinski definition) is 3. The SMILES string of the molecule is CC(C(=O)c1cccc(Cl)c1)N1CCCCC1CO. The van der Waals surface area contributed by atoms with Crippen LogP contribution in [-0.4, -0.2) is 41.0 Å². The van der Waals surface area contributed by atoms with Gasteiger partial charge in [-0.1, -0.05) is 30.2 Å². The largest absolute Gasteiger partial charge is 0.395 e. The van der Waals surface area contributed by atoms with E-state index < -0.39 is 0 Å². The standard InChI is InChI=1S/C15H20ClNO2/c1-11(17-8-3-2-7-14(17)10-18)15(19)12-5-4-6-13(16)9-12/h4-6,9,11,14,18H,2-3,7-8,10H2,1H3. The topological polar surface area (TPSA) is 40.5 Å². The number of hydrogen-bond donors (Lipinski definition) is 1. The molecule has 0 bridgehead atoms. The van der Waals surface area contributed by atoms with Gasteiger partial charge in [-0.25, -0.2) is 0 Å². The van der Waals surface area contributed by atoms with Gasteiger partial charge in [-0.05, 0) is 38.4 Å². The highest BCUT2D eigenvalue weighted by atomic mass is 35.5. The van der Waals surface area contributed by atoms with Crippen LogP contribution in [0.5, 0.6) is 0 Å². The van der Waals surface area contributed by atoms with E-state index in [0.29, 0.717) is 10.6 Å². The molecule has 2 unspecified atom stereocenters. The highest BCUT2D eigenvalue weighted by Crippen LogP contribution is 2.22. The van der Waals surface area contributed by atoms with E-state index in [9.17, 15) is 9.90 Å². The summed E-state index contributed by atoms with van der Waals surface area (Å²) in [6.07, 6.45) is 3.17. The fourth-order valence-electron chi connectivity index (χ4n) is 2.76. The van der Waals surface area contributed by atoms with Gasteiger partial charge in [0, 0.05) is 16.6 Å². The summed E-state index contributed by atoms with van der Waals surface area (Å²) in [7, 11) is 0. The molecule has 1 saturated heterocycles. The van der Waals surface area contributed by atoms with Gasteiger partial charge in [-0.2, -0.15) is 0 Å². The van der Waals surface area contributed by atoms with Gasteiger partial charge in [0.15, 0.2) is 5.78 Å². The Hall–Kier alpha value is -0.900. The molecule has 1 aromatic rings. The minimum atomic E-state index is -0.212. The van der Waals surface area contributed by atoms with Crippen molar-refractivity contribution < 1.29 is 9.90 Å². The molecule has 0 saturated carbocycles. The van der Waals surface area contributed by atoms with E-state index in [1.54, 1.807) is 24.3 Å². The monoisotopic (exact) mass is 281 g/mol. The summed E-state index contributed by atoms with van der Waals surface area (Å²) in [6.45, 7) is 2.91. The normalized spacial score (nSPS) is 22.2. The van der Waals surface area contributed by atoms with Crippen LogP contribution >= 0.6 is 11.6 Å². The van der Waals surface area contributed by atoms with Crippen molar-refractivity contribution in [1.82, 2.24) is 4.90 Å². The minimum Gasteiger partial charge on any atom is -0.395 e. The van der Waals surface area contributed by atoms with Crippen LogP contribution in [0.15, 0.2) is 24.3 Å². The van der Waals surface area contributed by atoms with Crippen LogP contribution in [0, 0.1) is 0 Å². The second-order valence-corrected chi connectivity index (χ2v) is 5.56. The van der Waals surface area contributed by atoms with Gasteiger partial charge in [0.05, 0.1) is 12.6 Å². The number of likely N-dealkylation sites (tertiary alicyclic amines) is 1. The Bertz CT molecular complexity index is 450. The van der Waals surface area contributed by atoms with Crippen molar-refractivity contribution in [3.63, 3.8) is 0 Å². The quantitative estimate of drug-likeness (QED) is 0.863. The molecule has 104 valence electrons. The highest BCUT2D eigenvalue weighted by Gasteiger charge is 2.30. The van der Waals surface area contributed by atoms with E-state index in [0.717, 1.165) is 25.8 Å². The molecule has 0 aliphatic carbocycles.